The predicted molar refractivity (Wildman–Crippen MR) is 66.5 cm³/mol. The molecule has 0 aromatic rings. The van der Waals surface area contributed by atoms with Crippen LogP contribution in [-0.4, -0.2) is 29.8 Å². The largest absolute Gasteiger partial charge is 0.300 e. The number of Topliss-reactive ketones (excluding diaryl/α,β-unsaturated/α-hetero) is 1. The highest BCUT2D eigenvalue weighted by atomic mass is 16.1. The summed E-state index contributed by atoms with van der Waals surface area (Å²) in [7, 11) is 0. The fraction of sp³-hybridized carbons (Fsp3) is 0.929. The molecule has 0 aromatic carbocycles. The SMILES string of the molecule is CCCCN1CCCC1C1CCCCC1=O. The second-order valence-electron chi connectivity index (χ2n) is 5.42. The second-order valence-corrected chi connectivity index (χ2v) is 5.42. The summed E-state index contributed by atoms with van der Waals surface area (Å²) in [5.41, 5.74) is 0. The van der Waals surface area contributed by atoms with Crippen LogP contribution in [0.1, 0.15) is 58.3 Å². The van der Waals surface area contributed by atoms with E-state index in [1.165, 1.54) is 45.2 Å². The molecule has 2 aliphatic rings. The number of rotatable bonds is 4. The lowest BCUT2D eigenvalue weighted by molar-refractivity contribution is -0.126. The van der Waals surface area contributed by atoms with Gasteiger partial charge in [0.05, 0.1) is 0 Å². The third-order valence-electron chi connectivity index (χ3n) is 4.28. The second kappa shape index (κ2) is 5.81. The van der Waals surface area contributed by atoms with Gasteiger partial charge in [-0.15, -0.1) is 0 Å². The van der Waals surface area contributed by atoms with Gasteiger partial charge in [0.1, 0.15) is 5.78 Å². The van der Waals surface area contributed by atoms with Gasteiger partial charge in [-0.1, -0.05) is 19.8 Å². The zero-order valence-corrected chi connectivity index (χ0v) is 10.6. The zero-order valence-electron chi connectivity index (χ0n) is 10.6. The molecule has 16 heavy (non-hydrogen) atoms. The first-order chi connectivity index (χ1) is 7.83. The molecule has 0 radical (unpaired) electrons. The number of hydrogen-bond acceptors (Lipinski definition) is 2. The van der Waals surface area contributed by atoms with E-state index in [4.69, 9.17) is 0 Å². The van der Waals surface area contributed by atoms with Gasteiger partial charge in [0.25, 0.3) is 0 Å². The van der Waals surface area contributed by atoms with Crippen molar-refractivity contribution in [2.75, 3.05) is 13.1 Å². The monoisotopic (exact) mass is 223 g/mol. The molecule has 2 nitrogen and oxygen atoms in total. The number of likely N-dealkylation sites (tertiary alicyclic amines) is 1. The third-order valence-corrected chi connectivity index (χ3v) is 4.28. The Labute approximate surface area is 99.4 Å². The highest BCUT2D eigenvalue weighted by molar-refractivity contribution is 5.82. The van der Waals surface area contributed by atoms with Gasteiger partial charge in [-0.3, -0.25) is 9.69 Å². The number of hydrogen-bond donors (Lipinski definition) is 0. The van der Waals surface area contributed by atoms with E-state index in [2.05, 4.69) is 11.8 Å². The lowest BCUT2D eigenvalue weighted by Crippen LogP contribution is -2.41. The van der Waals surface area contributed by atoms with Gasteiger partial charge in [0.2, 0.25) is 0 Å². The summed E-state index contributed by atoms with van der Waals surface area (Å²) in [4.78, 5) is 14.6. The van der Waals surface area contributed by atoms with Crippen molar-refractivity contribution in [1.29, 1.82) is 0 Å². The minimum absolute atomic E-state index is 0.383. The van der Waals surface area contributed by atoms with E-state index in [1.807, 2.05) is 0 Å². The molecule has 2 heteroatoms. The van der Waals surface area contributed by atoms with E-state index < -0.39 is 0 Å². The Bertz CT molecular complexity index is 239. The standard InChI is InChI=1S/C14H25NO/c1-2-3-10-15-11-6-8-13(15)12-7-4-5-9-14(12)16/h12-13H,2-11H2,1H3. The molecule has 1 saturated heterocycles. The van der Waals surface area contributed by atoms with Crippen molar-refractivity contribution < 1.29 is 4.79 Å². The fourth-order valence-electron chi connectivity index (χ4n) is 3.36. The molecule has 0 spiro atoms. The summed E-state index contributed by atoms with van der Waals surface area (Å²) in [5.74, 6) is 0.938. The van der Waals surface area contributed by atoms with Crippen LogP contribution < -0.4 is 0 Å². The average Bonchev–Trinajstić information content (AvgIpc) is 2.75. The number of carbonyl (C=O) groups excluding carboxylic acids is 1. The third kappa shape index (κ3) is 2.65. The number of ketones is 1. The van der Waals surface area contributed by atoms with Gasteiger partial charge in [0, 0.05) is 18.4 Å². The molecule has 1 aliphatic heterocycles. The van der Waals surface area contributed by atoms with Crippen molar-refractivity contribution in [3.8, 4) is 0 Å². The van der Waals surface area contributed by atoms with Crippen molar-refractivity contribution in [1.82, 2.24) is 4.90 Å². The first-order valence-corrected chi connectivity index (χ1v) is 7.09. The van der Waals surface area contributed by atoms with Gasteiger partial charge >= 0.3 is 0 Å². The molecule has 92 valence electrons. The number of nitrogens with zero attached hydrogens (tertiary/aromatic N) is 1. The lowest BCUT2D eigenvalue weighted by Gasteiger charge is -2.33. The van der Waals surface area contributed by atoms with Gasteiger partial charge in [-0.2, -0.15) is 0 Å². The molecule has 1 saturated carbocycles. The Hall–Kier alpha value is -0.370. The first-order valence-electron chi connectivity index (χ1n) is 7.09. The van der Waals surface area contributed by atoms with E-state index in [-0.39, 0.29) is 0 Å². The van der Waals surface area contributed by atoms with Crippen molar-refractivity contribution >= 4 is 5.78 Å². The molecule has 1 aliphatic carbocycles. The molecular weight excluding hydrogens is 198 g/mol. The minimum atomic E-state index is 0.383. The highest BCUT2D eigenvalue weighted by Gasteiger charge is 2.36. The van der Waals surface area contributed by atoms with E-state index in [9.17, 15) is 4.79 Å². The van der Waals surface area contributed by atoms with E-state index in [0.717, 1.165) is 19.3 Å². The van der Waals surface area contributed by atoms with Crippen molar-refractivity contribution in [2.24, 2.45) is 5.92 Å². The van der Waals surface area contributed by atoms with E-state index in [1.54, 1.807) is 0 Å². The Morgan fingerprint density at radius 1 is 1.25 bits per heavy atom. The number of unbranched alkanes of at least 4 members (excludes halogenated alkanes) is 1. The molecule has 2 fully saturated rings. The molecule has 2 rings (SSSR count). The van der Waals surface area contributed by atoms with Gasteiger partial charge in [-0.25, -0.2) is 0 Å². The zero-order chi connectivity index (χ0) is 11.4. The predicted octanol–water partition coefficient (Wildman–Crippen LogP) is 3.01. The van der Waals surface area contributed by atoms with Crippen molar-refractivity contribution in [3.63, 3.8) is 0 Å². The molecule has 0 aromatic heterocycles. The maximum atomic E-state index is 12.0. The molecule has 0 N–H and O–H groups in total. The van der Waals surface area contributed by atoms with Crippen molar-refractivity contribution in [3.05, 3.63) is 0 Å². The van der Waals surface area contributed by atoms with Crippen LogP contribution in [0.3, 0.4) is 0 Å². The minimum Gasteiger partial charge on any atom is -0.300 e. The quantitative estimate of drug-likeness (QED) is 0.730. The molecule has 1 heterocycles. The Morgan fingerprint density at radius 2 is 2.12 bits per heavy atom. The molecular formula is C14H25NO. The summed E-state index contributed by atoms with van der Waals surface area (Å²) in [6, 6.07) is 0.597. The van der Waals surface area contributed by atoms with Crippen molar-refractivity contribution in [2.45, 2.75) is 64.3 Å². The van der Waals surface area contributed by atoms with Crippen LogP contribution in [0.4, 0.5) is 0 Å². The smallest absolute Gasteiger partial charge is 0.137 e. The fourth-order valence-corrected chi connectivity index (χ4v) is 3.36. The van der Waals surface area contributed by atoms with Gasteiger partial charge in [0.15, 0.2) is 0 Å². The summed E-state index contributed by atoms with van der Waals surface area (Å²) in [6.45, 7) is 4.69. The molecule has 0 amide bonds. The topological polar surface area (TPSA) is 20.3 Å². The summed E-state index contributed by atoms with van der Waals surface area (Å²) in [6.07, 6.45) is 9.54. The molecule has 2 atom stereocenters. The Kier molecular flexibility index (Phi) is 4.39. The summed E-state index contributed by atoms with van der Waals surface area (Å²) < 4.78 is 0. The van der Waals surface area contributed by atoms with Crippen LogP contribution in [-0.2, 0) is 4.79 Å². The number of carbonyl (C=O) groups is 1. The lowest BCUT2D eigenvalue weighted by atomic mass is 9.82. The van der Waals surface area contributed by atoms with Crippen LogP contribution in [0.5, 0.6) is 0 Å². The van der Waals surface area contributed by atoms with Crippen LogP contribution in [0.2, 0.25) is 0 Å². The maximum absolute atomic E-state index is 12.0. The van der Waals surface area contributed by atoms with Crippen LogP contribution in [0.15, 0.2) is 0 Å². The summed E-state index contributed by atoms with van der Waals surface area (Å²) >= 11 is 0. The molecule has 0 bridgehead atoms. The molecule has 2 unspecified atom stereocenters. The van der Waals surface area contributed by atoms with Gasteiger partial charge in [-0.05, 0) is 45.2 Å². The van der Waals surface area contributed by atoms with Gasteiger partial charge < -0.3 is 0 Å². The Morgan fingerprint density at radius 3 is 2.88 bits per heavy atom. The van der Waals surface area contributed by atoms with Crippen LogP contribution in [0.25, 0.3) is 0 Å². The highest BCUT2D eigenvalue weighted by Crippen LogP contribution is 2.32. The Balaban J connectivity index is 1.92. The van der Waals surface area contributed by atoms with Crippen LogP contribution >= 0.6 is 0 Å². The average molecular weight is 223 g/mol. The van der Waals surface area contributed by atoms with E-state index in [0.29, 0.717) is 17.7 Å². The normalized spacial score (nSPS) is 32.2. The van der Waals surface area contributed by atoms with Crippen LogP contribution in [0, 0.1) is 5.92 Å². The maximum Gasteiger partial charge on any atom is 0.137 e. The first kappa shape index (κ1) is 12.1. The van der Waals surface area contributed by atoms with E-state index >= 15 is 0 Å². The summed E-state index contributed by atoms with van der Waals surface area (Å²) in [5, 5.41) is 0.